The van der Waals surface area contributed by atoms with E-state index in [-0.39, 0.29) is 0 Å². The molecule has 1 aromatic rings. The minimum atomic E-state index is -0.487. The molecule has 0 unspecified atom stereocenters. The fourth-order valence-corrected chi connectivity index (χ4v) is 1.04. The molecule has 1 rings (SSSR count). The normalized spacial score (nSPS) is 10.7. The molecule has 0 atom stereocenters. The lowest BCUT2D eigenvalue weighted by atomic mass is 9.98. The average Bonchev–Trinajstić information content (AvgIpc) is 2.17. The average molecular weight is 210 g/mol. The molecular formula is C11H12ClNO. The highest BCUT2D eigenvalue weighted by molar-refractivity contribution is 6.32. The molecule has 0 saturated heterocycles. The number of nitrogens with zero attached hydrogens (tertiary/aromatic N) is 1. The van der Waals surface area contributed by atoms with Gasteiger partial charge in [-0.25, -0.2) is 0 Å². The standard InChI is InChI=1S/C11H12ClNO/c1-11(2,7-13)8-14-10-6-4-3-5-9(10)12/h3-6H,8H2,1-2H3. The van der Waals surface area contributed by atoms with Crippen LogP contribution in [-0.4, -0.2) is 6.61 Å². The van der Waals surface area contributed by atoms with Crippen LogP contribution in [0.5, 0.6) is 5.75 Å². The van der Waals surface area contributed by atoms with Crippen molar-refractivity contribution in [2.24, 2.45) is 5.41 Å². The van der Waals surface area contributed by atoms with Gasteiger partial charge in [0.2, 0.25) is 0 Å². The predicted molar refractivity (Wildman–Crippen MR) is 56.3 cm³/mol. The molecular weight excluding hydrogens is 198 g/mol. The number of ether oxygens (including phenoxy) is 1. The van der Waals surface area contributed by atoms with E-state index in [9.17, 15) is 0 Å². The minimum absolute atomic E-state index is 0.341. The second-order valence-corrected chi connectivity index (χ2v) is 4.12. The van der Waals surface area contributed by atoms with Crippen LogP contribution in [0.2, 0.25) is 5.02 Å². The van der Waals surface area contributed by atoms with Crippen molar-refractivity contribution in [2.45, 2.75) is 13.8 Å². The van der Waals surface area contributed by atoms with E-state index in [0.29, 0.717) is 17.4 Å². The van der Waals surface area contributed by atoms with Gasteiger partial charge < -0.3 is 4.74 Å². The van der Waals surface area contributed by atoms with Gasteiger partial charge >= 0.3 is 0 Å². The Hall–Kier alpha value is -1.20. The van der Waals surface area contributed by atoms with Crippen LogP contribution in [0.15, 0.2) is 24.3 Å². The second-order valence-electron chi connectivity index (χ2n) is 3.71. The van der Waals surface area contributed by atoms with Crippen LogP contribution in [0, 0.1) is 16.7 Å². The van der Waals surface area contributed by atoms with E-state index < -0.39 is 5.41 Å². The smallest absolute Gasteiger partial charge is 0.137 e. The summed E-state index contributed by atoms with van der Waals surface area (Å²) in [6, 6.07) is 9.40. The van der Waals surface area contributed by atoms with Crippen LogP contribution >= 0.6 is 11.6 Å². The maximum absolute atomic E-state index is 8.78. The topological polar surface area (TPSA) is 33.0 Å². The second kappa shape index (κ2) is 4.34. The Kier molecular flexibility index (Phi) is 3.38. The first-order chi connectivity index (χ1) is 6.55. The van der Waals surface area contributed by atoms with Crippen molar-refractivity contribution in [2.75, 3.05) is 6.61 Å². The summed E-state index contributed by atoms with van der Waals surface area (Å²) in [5.41, 5.74) is -0.487. The van der Waals surface area contributed by atoms with E-state index in [2.05, 4.69) is 6.07 Å². The van der Waals surface area contributed by atoms with Crippen LogP contribution in [-0.2, 0) is 0 Å². The molecule has 0 aliphatic carbocycles. The minimum Gasteiger partial charge on any atom is -0.490 e. The lowest BCUT2D eigenvalue weighted by Gasteiger charge is -2.16. The Morgan fingerprint density at radius 2 is 2.07 bits per heavy atom. The first-order valence-corrected chi connectivity index (χ1v) is 4.71. The number of rotatable bonds is 3. The summed E-state index contributed by atoms with van der Waals surface area (Å²) >= 11 is 5.89. The predicted octanol–water partition coefficient (Wildman–Crippen LogP) is 3.27. The summed E-state index contributed by atoms with van der Waals surface area (Å²) in [5, 5.41) is 9.35. The molecule has 0 saturated carbocycles. The summed E-state index contributed by atoms with van der Waals surface area (Å²) in [4.78, 5) is 0. The fourth-order valence-electron chi connectivity index (χ4n) is 0.852. The van der Waals surface area contributed by atoms with Crippen molar-refractivity contribution in [3.63, 3.8) is 0 Å². The number of hydrogen-bond acceptors (Lipinski definition) is 2. The highest BCUT2D eigenvalue weighted by Crippen LogP contribution is 2.25. The van der Waals surface area contributed by atoms with Gasteiger partial charge in [0, 0.05) is 0 Å². The molecule has 0 aliphatic rings. The first-order valence-electron chi connectivity index (χ1n) is 4.34. The van der Waals surface area contributed by atoms with Crippen molar-refractivity contribution in [3.05, 3.63) is 29.3 Å². The molecule has 0 aromatic heterocycles. The zero-order valence-electron chi connectivity index (χ0n) is 8.25. The monoisotopic (exact) mass is 209 g/mol. The molecule has 0 N–H and O–H groups in total. The fraction of sp³-hybridized carbons (Fsp3) is 0.364. The molecule has 14 heavy (non-hydrogen) atoms. The van der Waals surface area contributed by atoms with E-state index in [1.165, 1.54) is 0 Å². The Labute approximate surface area is 89.1 Å². The maximum atomic E-state index is 8.78. The Morgan fingerprint density at radius 1 is 1.43 bits per heavy atom. The van der Waals surface area contributed by atoms with Crippen molar-refractivity contribution in [1.82, 2.24) is 0 Å². The third-order valence-corrected chi connectivity index (χ3v) is 2.04. The third kappa shape index (κ3) is 2.93. The van der Waals surface area contributed by atoms with E-state index in [0.717, 1.165) is 0 Å². The molecule has 2 nitrogen and oxygen atoms in total. The van der Waals surface area contributed by atoms with E-state index >= 15 is 0 Å². The SMILES string of the molecule is CC(C)(C#N)COc1ccccc1Cl. The molecule has 0 bridgehead atoms. The van der Waals surface area contributed by atoms with Crippen molar-refractivity contribution in [1.29, 1.82) is 5.26 Å². The molecule has 0 spiro atoms. The third-order valence-electron chi connectivity index (χ3n) is 1.73. The molecule has 0 heterocycles. The number of halogens is 1. The van der Waals surface area contributed by atoms with E-state index in [1.54, 1.807) is 12.1 Å². The van der Waals surface area contributed by atoms with Gasteiger partial charge in [0.25, 0.3) is 0 Å². The number of nitriles is 1. The van der Waals surface area contributed by atoms with Gasteiger partial charge in [0.1, 0.15) is 12.4 Å². The number of benzene rings is 1. The molecule has 0 radical (unpaired) electrons. The zero-order valence-corrected chi connectivity index (χ0v) is 9.01. The number of para-hydroxylation sites is 1. The van der Waals surface area contributed by atoms with Gasteiger partial charge in [-0.05, 0) is 26.0 Å². The summed E-state index contributed by atoms with van der Waals surface area (Å²) in [7, 11) is 0. The summed E-state index contributed by atoms with van der Waals surface area (Å²) in [5.74, 6) is 0.623. The van der Waals surface area contributed by atoms with E-state index in [4.69, 9.17) is 21.6 Å². The van der Waals surface area contributed by atoms with Crippen molar-refractivity contribution < 1.29 is 4.74 Å². The lowest BCUT2D eigenvalue weighted by molar-refractivity contribution is 0.227. The summed E-state index contributed by atoms with van der Waals surface area (Å²) < 4.78 is 5.44. The van der Waals surface area contributed by atoms with Crippen molar-refractivity contribution in [3.8, 4) is 11.8 Å². The maximum Gasteiger partial charge on any atom is 0.137 e. The van der Waals surface area contributed by atoms with Gasteiger partial charge in [0.15, 0.2) is 0 Å². The van der Waals surface area contributed by atoms with Gasteiger partial charge in [0.05, 0.1) is 16.5 Å². The lowest BCUT2D eigenvalue weighted by Crippen LogP contribution is -2.19. The first kappa shape index (κ1) is 10.9. The zero-order chi connectivity index (χ0) is 10.6. The number of hydrogen-bond donors (Lipinski definition) is 0. The van der Waals surface area contributed by atoms with Crippen LogP contribution in [0.4, 0.5) is 0 Å². The van der Waals surface area contributed by atoms with E-state index in [1.807, 2.05) is 26.0 Å². The largest absolute Gasteiger partial charge is 0.490 e. The summed E-state index contributed by atoms with van der Waals surface area (Å²) in [6.45, 7) is 3.99. The summed E-state index contributed by atoms with van der Waals surface area (Å²) in [6.07, 6.45) is 0. The van der Waals surface area contributed by atoms with Gasteiger partial charge in [-0.3, -0.25) is 0 Å². The van der Waals surface area contributed by atoms with Gasteiger partial charge in [-0.15, -0.1) is 0 Å². The molecule has 3 heteroatoms. The van der Waals surface area contributed by atoms with Crippen LogP contribution in [0.25, 0.3) is 0 Å². The van der Waals surface area contributed by atoms with Crippen LogP contribution in [0.1, 0.15) is 13.8 Å². The Balaban J connectivity index is 2.64. The molecule has 0 fully saturated rings. The quantitative estimate of drug-likeness (QED) is 0.766. The molecule has 0 amide bonds. The van der Waals surface area contributed by atoms with Crippen LogP contribution in [0.3, 0.4) is 0 Å². The molecule has 1 aromatic carbocycles. The van der Waals surface area contributed by atoms with Crippen molar-refractivity contribution >= 4 is 11.6 Å². The highest BCUT2D eigenvalue weighted by atomic mass is 35.5. The highest BCUT2D eigenvalue weighted by Gasteiger charge is 2.17. The van der Waals surface area contributed by atoms with Gasteiger partial charge in [-0.1, -0.05) is 23.7 Å². The molecule has 74 valence electrons. The molecule has 0 aliphatic heterocycles. The van der Waals surface area contributed by atoms with Gasteiger partial charge in [-0.2, -0.15) is 5.26 Å². The van der Waals surface area contributed by atoms with Crippen LogP contribution < -0.4 is 4.74 Å². The Morgan fingerprint density at radius 3 is 2.64 bits per heavy atom. The Bertz CT molecular complexity index is 355.